The quantitative estimate of drug-likeness (QED) is 0.0219. The van der Waals surface area contributed by atoms with E-state index in [0.717, 1.165) is 44.1 Å². The number of carbonyl (C=O) groups excluding carboxylic acids is 5. The molecule has 0 bridgehead atoms. The minimum atomic E-state index is -0.557. The first-order valence-corrected chi connectivity index (χ1v) is 19.4. The SMILES string of the molecule is C=C(C)C(=O)OCCCCCOc1ccc(C(=O)Oc2ccc(CCOC(=O)c3ccc(OC(=O)c4ccc(OCCCCCOC(=O)C(=C)C)cc4)cc3)cc2)cc1. The number of carbonyl (C=O) groups is 5. The molecule has 59 heavy (non-hydrogen) atoms. The number of esters is 5. The van der Waals surface area contributed by atoms with Gasteiger partial charge in [-0.2, -0.15) is 0 Å². The van der Waals surface area contributed by atoms with Crippen molar-refractivity contribution in [1.29, 1.82) is 0 Å². The maximum atomic E-state index is 12.7. The highest BCUT2D eigenvalue weighted by molar-refractivity contribution is 5.92. The second kappa shape index (κ2) is 24.2. The van der Waals surface area contributed by atoms with Gasteiger partial charge in [0.2, 0.25) is 0 Å². The Kier molecular flexibility index (Phi) is 18.4. The third-order valence-electron chi connectivity index (χ3n) is 8.52. The van der Waals surface area contributed by atoms with E-state index in [2.05, 4.69) is 13.2 Å². The molecule has 0 aliphatic carbocycles. The third kappa shape index (κ3) is 16.4. The van der Waals surface area contributed by atoms with Crippen LogP contribution < -0.4 is 18.9 Å². The van der Waals surface area contributed by atoms with Crippen LogP contribution in [-0.2, 0) is 30.2 Å². The monoisotopic (exact) mass is 806 g/mol. The average Bonchev–Trinajstić information content (AvgIpc) is 3.23. The summed E-state index contributed by atoms with van der Waals surface area (Å²) in [6.45, 7) is 12.1. The number of unbranched alkanes of at least 4 members (excludes halogenated alkanes) is 4. The fraction of sp³-hybridized carbons (Fsp3) is 0.298. The molecule has 0 N–H and O–H groups in total. The van der Waals surface area contributed by atoms with Gasteiger partial charge in [-0.25, -0.2) is 24.0 Å². The number of rotatable bonds is 24. The molecular weight excluding hydrogens is 757 g/mol. The molecular formula is C47H50O12. The van der Waals surface area contributed by atoms with Crippen molar-refractivity contribution in [2.45, 2.75) is 58.8 Å². The van der Waals surface area contributed by atoms with Gasteiger partial charge in [-0.1, -0.05) is 25.3 Å². The topological polar surface area (TPSA) is 150 Å². The highest BCUT2D eigenvalue weighted by Crippen LogP contribution is 2.20. The van der Waals surface area contributed by atoms with Crippen LogP contribution in [0.15, 0.2) is 121 Å². The van der Waals surface area contributed by atoms with Crippen molar-refractivity contribution in [2.75, 3.05) is 33.0 Å². The van der Waals surface area contributed by atoms with Gasteiger partial charge in [0.25, 0.3) is 0 Å². The van der Waals surface area contributed by atoms with Crippen molar-refractivity contribution < 1.29 is 57.1 Å². The lowest BCUT2D eigenvalue weighted by Gasteiger charge is -2.09. The van der Waals surface area contributed by atoms with Crippen molar-refractivity contribution in [3.63, 3.8) is 0 Å². The molecule has 0 atom stereocenters. The van der Waals surface area contributed by atoms with Crippen LogP contribution in [-0.4, -0.2) is 62.9 Å². The standard InChI is InChI=1S/C47H50O12/c1-33(2)43(48)55-30-9-5-7-28-53-39-21-13-37(14-22-39)46(51)58-41-19-11-35(12-20-41)27-32-57-45(50)36-17-25-42(26-18-36)59-47(52)38-15-23-40(24-16-38)54-29-8-6-10-31-56-44(49)34(3)4/h11-26H,1,3,5-10,27-32H2,2,4H3. The van der Waals surface area contributed by atoms with Crippen LogP contribution in [0.5, 0.6) is 23.0 Å². The molecule has 310 valence electrons. The first-order chi connectivity index (χ1) is 28.5. The molecule has 4 aromatic rings. The van der Waals surface area contributed by atoms with Crippen molar-refractivity contribution in [3.8, 4) is 23.0 Å². The minimum absolute atomic E-state index is 0.126. The molecule has 0 fully saturated rings. The molecule has 12 nitrogen and oxygen atoms in total. The van der Waals surface area contributed by atoms with E-state index >= 15 is 0 Å². The molecule has 12 heteroatoms. The zero-order valence-electron chi connectivity index (χ0n) is 33.5. The summed E-state index contributed by atoms with van der Waals surface area (Å²) in [5.74, 6) is -0.466. The van der Waals surface area contributed by atoms with Crippen molar-refractivity contribution >= 4 is 29.8 Å². The Hall–Kier alpha value is -6.69. The normalized spacial score (nSPS) is 10.5. The van der Waals surface area contributed by atoms with Crippen LogP contribution in [0.25, 0.3) is 0 Å². The zero-order chi connectivity index (χ0) is 42.4. The zero-order valence-corrected chi connectivity index (χ0v) is 33.5. The summed E-state index contributed by atoms with van der Waals surface area (Å²) in [5, 5.41) is 0. The summed E-state index contributed by atoms with van der Waals surface area (Å²) in [4.78, 5) is 60.7. The number of hydrogen-bond acceptors (Lipinski definition) is 12. The van der Waals surface area contributed by atoms with Gasteiger partial charge in [0, 0.05) is 17.6 Å². The van der Waals surface area contributed by atoms with E-state index in [1.54, 1.807) is 86.6 Å². The predicted octanol–water partition coefficient (Wildman–Crippen LogP) is 8.86. The van der Waals surface area contributed by atoms with Crippen LogP contribution in [0.2, 0.25) is 0 Å². The first-order valence-electron chi connectivity index (χ1n) is 19.4. The molecule has 4 aromatic carbocycles. The molecule has 0 spiro atoms. The lowest BCUT2D eigenvalue weighted by atomic mass is 10.1. The average molecular weight is 807 g/mol. The Morgan fingerprint density at radius 2 is 0.763 bits per heavy atom. The van der Waals surface area contributed by atoms with E-state index in [1.165, 1.54) is 24.3 Å². The molecule has 0 aliphatic heterocycles. The summed E-state index contributed by atoms with van der Waals surface area (Å²) in [7, 11) is 0. The second-order valence-corrected chi connectivity index (χ2v) is 13.5. The van der Waals surface area contributed by atoms with Gasteiger partial charge in [-0.05, 0) is 143 Å². The van der Waals surface area contributed by atoms with E-state index in [9.17, 15) is 24.0 Å². The second-order valence-electron chi connectivity index (χ2n) is 13.5. The van der Waals surface area contributed by atoms with Gasteiger partial charge in [0.1, 0.15) is 23.0 Å². The highest BCUT2D eigenvalue weighted by Gasteiger charge is 2.13. The largest absolute Gasteiger partial charge is 0.494 e. The Bertz CT molecular complexity index is 2020. The van der Waals surface area contributed by atoms with E-state index in [4.69, 9.17) is 33.2 Å². The number of benzene rings is 4. The molecule has 4 rings (SSSR count). The maximum absolute atomic E-state index is 12.7. The van der Waals surface area contributed by atoms with Gasteiger partial charge < -0.3 is 33.2 Å². The molecule has 0 saturated carbocycles. The lowest BCUT2D eigenvalue weighted by molar-refractivity contribution is -0.139. The van der Waals surface area contributed by atoms with Gasteiger partial charge in [-0.15, -0.1) is 0 Å². The maximum Gasteiger partial charge on any atom is 0.343 e. The van der Waals surface area contributed by atoms with Crippen LogP contribution in [0, 0.1) is 0 Å². The summed E-state index contributed by atoms with van der Waals surface area (Å²) in [6.07, 6.45) is 5.16. The molecule has 0 saturated heterocycles. The summed E-state index contributed by atoms with van der Waals surface area (Å²) >= 11 is 0. The first kappa shape index (κ1) is 45.0. The van der Waals surface area contributed by atoms with Crippen molar-refractivity contribution in [2.24, 2.45) is 0 Å². The van der Waals surface area contributed by atoms with Crippen LogP contribution in [0.1, 0.15) is 89.0 Å². The van der Waals surface area contributed by atoms with E-state index in [-0.39, 0.29) is 24.3 Å². The Balaban J connectivity index is 1.09. The molecule has 0 unspecified atom stereocenters. The molecule has 0 heterocycles. The fourth-order valence-corrected chi connectivity index (χ4v) is 5.15. The van der Waals surface area contributed by atoms with Crippen LogP contribution in [0.4, 0.5) is 0 Å². The number of ether oxygens (including phenoxy) is 7. The molecule has 0 amide bonds. The fourth-order valence-electron chi connectivity index (χ4n) is 5.15. The van der Waals surface area contributed by atoms with Gasteiger partial charge in [0.05, 0.1) is 49.7 Å². The van der Waals surface area contributed by atoms with Crippen LogP contribution in [0.3, 0.4) is 0 Å². The summed E-state index contributed by atoms with van der Waals surface area (Å²) in [5.41, 5.74) is 2.65. The minimum Gasteiger partial charge on any atom is -0.494 e. The lowest BCUT2D eigenvalue weighted by Crippen LogP contribution is -2.10. The van der Waals surface area contributed by atoms with Crippen LogP contribution >= 0.6 is 0 Å². The van der Waals surface area contributed by atoms with Gasteiger partial charge in [0.15, 0.2) is 0 Å². The molecule has 0 aromatic heterocycles. The van der Waals surface area contributed by atoms with Gasteiger partial charge >= 0.3 is 29.8 Å². The highest BCUT2D eigenvalue weighted by atomic mass is 16.5. The predicted molar refractivity (Wildman–Crippen MR) is 220 cm³/mol. The molecule has 0 aliphatic rings. The number of hydrogen-bond donors (Lipinski definition) is 0. The van der Waals surface area contributed by atoms with E-state index in [0.29, 0.717) is 77.9 Å². The van der Waals surface area contributed by atoms with Crippen molar-refractivity contribution in [1.82, 2.24) is 0 Å². The van der Waals surface area contributed by atoms with E-state index in [1.807, 2.05) is 0 Å². The summed E-state index contributed by atoms with van der Waals surface area (Å²) in [6, 6.07) is 26.3. The Labute approximate surface area is 344 Å². The molecule has 0 radical (unpaired) electrons. The van der Waals surface area contributed by atoms with Crippen molar-refractivity contribution in [3.05, 3.63) is 144 Å². The smallest absolute Gasteiger partial charge is 0.343 e. The third-order valence-corrected chi connectivity index (χ3v) is 8.52. The Morgan fingerprint density at radius 1 is 0.407 bits per heavy atom. The Morgan fingerprint density at radius 3 is 1.17 bits per heavy atom. The van der Waals surface area contributed by atoms with Gasteiger partial charge in [-0.3, -0.25) is 0 Å². The summed E-state index contributed by atoms with van der Waals surface area (Å²) < 4.78 is 38.0. The van der Waals surface area contributed by atoms with E-state index < -0.39 is 17.9 Å².